The first-order chi connectivity index (χ1) is 21.7. The minimum Gasteiger partial charge on any atom is -0.493 e. The molecule has 1 aromatic heterocycles. The van der Waals surface area contributed by atoms with E-state index < -0.39 is 29.8 Å². The van der Waals surface area contributed by atoms with E-state index in [1.165, 1.54) is 36.2 Å². The zero-order valence-electron chi connectivity index (χ0n) is 24.5. The number of rotatable bonds is 2. The number of nitrogens with zero attached hydrogens (tertiary/aromatic N) is 3. The maximum Gasteiger partial charge on any atom is 0.260 e. The summed E-state index contributed by atoms with van der Waals surface area (Å²) in [7, 11) is 3.04. The van der Waals surface area contributed by atoms with Crippen molar-refractivity contribution in [2.45, 2.75) is 25.1 Å². The Kier molecular flexibility index (Phi) is 8.07. The number of aryl methyl sites for hydroxylation is 1. The standard InChI is InChI=1S/C32H30FN5O7/c1-37-17-35-24-11-20(3-5-23(24)32(37)42)31(41)38-8-7-26-25(15-38)36-30(40)19-4-6-27(43-2)28(12-19)44-16-29(39)34-14-18-9-21(33)13-22(10-18)45-26/h3-6,9-13,17,25-26H,7-8,14-16H2,1-2H3,(H,34,39)(H,36,40)/t25-,26+/m0/s1. The van der Waals surface area contributed by atoms with Crippen LogP contribution >= 0.6 is 0 Å². The first-order valence-corrected chi connectivity index (χ1v) is 14.3. The molecular weight excluding hydrogens is 585 g/mol. The number of nitrogens with one attached hydrogen (secondary N) is 2. The number of halogens is 1. The Morgan fingerprint density at radius 2 is 1.93 bits per heavy atom. The van der Waals surface area contributed by atoms with Gasteiger partial charge in [0.05, 0.1) is 30.4 Å². The number of amides is 3. The second-order valence-corrected chi connectivity index (χ2v) is 10.9. The van der Waals surface area contributed by atoms with Crippen LogP contribution in [0.5, 0.6) is 17.2 Å². The number of carbonyl (C=O) groups excluding carboxylic acids is 3. The molecule has 2 N–H and O–H groups in total. The van der Waals surface area contributed by atoms with Gasteiger partial charge in [-0.3, -0.25) is 19.2 Å². The Bertz CT molecular complexity index is 1880. The zero-order valence-corrected chi connectivity index (χ0v) is 24.5. The fraction of sp³-hybridized carbons (Fsp3) is 0.281. The third-order valence-corrected chi connectivity index (χ3v) is 7.81. The van der Waals surface area contributed by atoms with Gasteiger partial charge in [0.25, 0.3) is 23.3 Å². The molecule has 0 saturated carbocycles. The summed E-state index contributed by atoms with van der Waals surface area (Å²) < 4.78 is 33.2. The minimum atomic E-state index is -0.688. The highest BCUT2D eigenvalue weighted by Gasteiger charge is 2.35. The summed E-state index contributed by atoms with van der Waals surface area (Å²) in [6, 6.07) is 12.8. The summed E-state index contributed by atoms with van der Waals surface area (Å²) in [6.07, 6.45) is 1.10. The Hall–Kier alpha value is -5.46. The third kappa shape index (κ3) is 6.28. The SMILES string of the molecule is COc1ccc2cc1OCC(=O)NCc1cc(F)cc(c1)O[C@@H]1CCN(C(=O)c3ccc4c(=O)n(C)cnc4c3)C[C@@H]1NC2=O. The van der Waals surface area contributed by atoms with E-state index in [1.807, 2.05) is 0 Å². The average Bonchev–Trinajstić information content (AvgIpc) is 3.04. The van der Waals surface area contributed by atoms with Crippen molar-refractivity contribution in [2.75, 3.05) is 26.8 Å². The number of likely N-dealkylation sites (tertiary alicyclic amines) is 1. The third-order valence-electron chi connectivity index (χ3n) is 7.81. The van der Waals surface area contributed by atoms with E-state index in [2.05, 4.69) is 15.6 Å². The van der Waals surface area contributed by atoms with Gasteiger partial charge in [0.15, 0.2) is 18.1 Å². The van der Waals surface area contributed by atoms with Crippen molar-refractivity contribution in [3.05, 3.63) is 93.8 Å². The van der Waals surface area contributed by atoms with Crippen LogP contribution in [-0.2, 0) is 18.4 Å². The summed E-state index contributed by atoms with van der Waals surface area (Å²) in [5, 5.41) is 6.06. The number of ether oxygens (including phenoxy) is 3. The normalized spacial score (nSPS) is 18.6. The molecule has 2 aliphatic rings. The summed E-state index contributed by atoms with van der Waals surface area (Å²) >= 11 is 0. The van der Waals surface area contributed by atoms with E-state index in [1.54, 1.807) is 48.3 Å². The number of aromatic nitrogens is 2. The quantitative estimate of drug-likeness (QED) is 0.350. The van der Waals surface area contributed by atoms with Crippen molar-refractivity contribution < 1.29 is 33.0 Å². The molecule has 3 aromatic carbocycles. The Labute approximate surface area is 256 Å². The lowest BCUT2D eigenvalue weighted by atomic mass is 9.99. The first-order valence-electron chi connectivity index (χ1n) is 14.3. The number of hydrogen-bond acceptors (Lipinski definition) is 8. The predicted molar refractivity (Wildman–Crippen MR) is 160 cm³/mol. The van der Waals surface area contributed by atoms with Crippen LogP contribution in [0, 0.1) is 5.82 Å². The highest BCUT2D eigenvalue weighted by atomic mass is 19.1. The molecule has 0 radical (unpaired) electrons. The van der Waals surface area contributed by atoms with E-state index in [0.717, 1.165) is 0 Å². The molecule has 0 unspecified atom stereocenters. The minimum absolute atomic E-state index is 0.0350. The molecule has 3 heterocycles. The molecule has 12 nitrogen and oxygen atoms in total. The van der Waals surface area contributed by atoms with Crippen molar-refractivity contribution in [1.82, 2.24) is 25.1 Å². The van der Waals surface area contributed by atoms with Gasteiger partial charge in [-0.15, -0.1) is 0 Å². The summed E-state index contributed by atoms with van der Waals surface area (Å²) in [5.74, 6) is -1.04. The molecule has 2 aliphatic heterocycles. The number of piperidine rings is 1. The summed E-state index contributed by atoms with van der Waals surface area (Å²) in [4.78, 5) is 58.0. The van der Waals surface area contributed by atoms with E-state index in [9.17, 15) is 23.6 Å². The molecule has 232 valence electrons. The van der Waals surface area contributed by atoms with Crippen LogP contribution in [0.25, 0.3) is 10.9 Å². The largest absolute Gasteiger partial charge is 0.493 e. The zero-order chi connectivity index (χ0) is 31.7. The molecule has 0 aliphatic carbocycles. The number of methoxy groups -OCH3 is 1. The highest BCUT2D eigenvalue weighted by Crippen LogP contribution is 2.29. The highest BCUT2D eigenvalue weighted by molar-refractivity contribution is 5.98. The van der Waals surface area contributed by atoms with E-state index >= 15 is 0 Å². The van der Waals surface area contributed by atoms with Crippen LogP contribution in [0.4, 0.5) is 4.39 Å². The van der Waals surface area contributed by atoms with Crippen LogP contribution in [-0.4, -0.2) is 71.1 Å². The van der Waals surface area contributed by atoms with Crippen molar-refractivity contribution in [1.29, 1.82) is 0 Å². The van der Waals surface area contributed by atoms with E-state index in [4.69, 9.17) is 14.2 Å². The smallest absolute Gasteiger partial charge is 0.260 e. The lowest BCUT2D eigenvalue weighted by Crippen LogP contribution is -2.58. The van der Waals surface area contributed by atoms with Gasteiger partial charge < -0.3 is 34.3 Å². The van der Waals surface area contributed by atoms with Gasteiger partial charge in [0, 0.05) is 50.3 Å². The number of benzene rings is 3. The van der Waals surface area contributed by atoms with Crippen LogP contribution in [0.1, 0.15) is 32.7 Å². The second-order valence-electron chi connectivity index (χ2n) is 10.9. The number of fused-ring (bicyclic) bond motifs is 6. The van der Waals surface area contributed by atoms with Crippen LogP contribution in [0.15, 0.2) is 65.7 Å². The lowest BCUT2D eigenvalue weighted by molar-refractivity contribution is -0.123. The predicted octanol–water partition coefficient (Wildman–Crippen LogP) is 2.18. The first kappa shape index (κ1) is 29.6. The second kappa shape index (κ2) is 12.3. The van der Waals surface area contributed by atoms with Gasteiger partial charge in [-0.1, -0.05) is 0 Å². The molecule has 13 heteroatoms. The average molecular weight is 616 g/mol. The van der Waals surface area contributed by atoms with Gasteiger partial charge in [0.2, 0.25) is 0 Å². The molecule has 0 spiro atoms. The molecule has 1 saturated heterocycles. The summed E-state index contributed by atoms with van der Waals surface area (Å²) in [5.41, 5.74) is 1.22. The van der Waals surface area contributed by atoms with Crippen molar-refractivity contribution in [3.8, 4) is 17.2 Å². The van der Waals surface area contributed by atoms with Crippen LogP contribution in [0.3, 0.4) is 0 Å². The summed E-state index contributed by atoms with van der Waals surface area (Å²) in [6.45, 7) is 0.0553. The van der Waals surface area contributed by atoms with Gasteiger partial charge in [-0.05, 0) is 54.1 Å². The fourth-order valence-electron chi connectivity index (χ4n) is 5.46. The van der Waals surface area contributed by atoms with E-state index in [-0.39, 0.29) is 54.8 Å². The van der Waals surface area contributed by atoms with E-state index in [0.29, 0.717) is 34.2 Å². The fourth-order valence-corrected chi connectivity index (χ4v) is 5.46. The molecule has 3 amide bonds. The van der Waals surface area contributed by atoms with Gasteiger partial charge in [-0.25, -0.2) is 9.37 Å². The maximum atomic E-state index is 14.6. The molecule has 6 rings (SSSR count). The van der Waals surface area contributed by atoms with Gasteiger partial charge in [0.1, 0.15) is 17.7 Å². The van der Waals surface area contributed by atoms with Gasteiger partial charge in [-0.2, -0.15) is 0 Å². The lowest BCUT2D eigenvalue weighted by Gasteiger charge is -2.39. The van der Waals surface area contributed by atoms with Crippen LogP contribution in [0.2, 0.25) is 0 Å². The van der Waals surface area contributed by atoms with Crippen molar-refractivity contribution in [2.24, 2.45) is 7.05 Å². The van der Waals surface area contributed by atoms with Crippen molar-refractivity contribution >= 4 is 28.6 Å². The van der Waals surface area contributed by atoms with Crippen molar-refractivity contribution in [3.63, 3.8) is 0 Å². The molecule has 1 fully saturated rings. The monoisotopic (exact) mass is 615 g/mol. The molecule has 4 bridgehead atoms. The Morgan fingerprint density at radius 1 is 1.09 bits per heavy atom. The molecule has 4 aromatic rings. The Morgan fingerprint density at radius 3 is 2.76 bits per heavy atom. The number of carbonyl (C=O) groups is 3. The topological polar surface area (TPSA) is 141 Å². The Balaban J connectivity index is 1.31. The molecule has 2 atom stereocenters. The van der Waals surface area contributed by atoms with Crippen LogP contribution < -0.4 is 30.4 Å². The number of hydrogen-bond donors (Lipinski definition) is 2. The maximum absolute atomic E-state index is 14.6. The molecule has 45 heavy (non-hydrogen) atoms. The van der Waals surface area contributed by atoms with Gasteiger partial charge >= 0.3 is 0 Å². The molecular formula is C32H30FN5O7.